The molecule has 0 bridgehead atoms. The van der Waals surface area contributed by atoms with Crippen LogP contribution in [0.15, 0.2) is 60.8 Å². The van der Waals surface area contributed by atoms with Gasteiger partial charge in [0.25, 0.3) is 0 Å². The number of hydrogen-bond donors (Lipinski definition) is 1. The normalized spacial score (nSPS) is 10.6. The van der Waals surface area contributed by atoms with Crippen LogP contribution in [0.4, 0.5) is 4.79 Å². The second-order valence-corrected chi connectivity index (χ2v) is 4.47. The van der Waals surface area contributed by atoms with E-state index in [9.17, 15) is 9.90 Å². The first-order valence-corrected chi connectivity index (χ1v) is 6.25. The van der Waals surface area contributed by atoms with Crippen molar-refractivity contribution < 1.29 is 14.6 Å². The second-order valence-electron chi connectivity index (χ2n) is 4.47. The molecule has 0 aliphatic rings. The van der Waals surface area contributed by atoms with Crippen LogP contribution >= 0.6 is 0 Å². The number of carbonyl (C=O) groups is 1. The Kier molecular flexibility index (Phi) is 3.13. The zero-order chi connectivity index (χ0) is 13.9. The zero-order valence-corrected chi connectivity index (χ0v) is 10.7. The molecule has 0 fully saturated rings. The molecule has 1 aromatic heterocycles. The average Bonchev–Trinajstić information content (AvgIpc) is 2.89. The van der Waals surface area contributed by atoms with E-state index >= 15 is 0 Å². The monoisotopic (exact) mass is 267 g/mol. The van der Waals surface area contributed by atoms with E-state index in [-0.39, 0.29) is 12.4 Å². The van der Waals surface area contributed by atoms with Crippen molar-refractivity contribution in [2.45, 2.75) is 6.61 Å². The number of fused-ring (bicyclic) bond motifs is 1. The molecule has 2 aromatic carbocycles. The number of aromatic hydroxyl groups is 1. The molecule has 0 aliphatic heterocycles. The van der Waals surface area contributed by atoms with Gasteiger partial charge < -0.3 is 9.84 Å². The quantitative estimate of drug-likeness (QED) is 0.772. The Bertz CT molecular complexity index is 747. The molecule has 0 radical (unpaired) electrons. The molecule has 0 unspecified atom stereocenters. The lowest BCUT2D eigenvalue weighted by atomic mass is 10.2. The Morgan fingerprint density at radius 3 is 2.70 bits per heavy atom. The van der Waals surface area contributed by atoms with Crippen LogP contribution in [0.1, 0.15) is 5.56 Å². The van der Waals surface area contributed by atoms with Gasteiger partial charge in [0, 0.05) is 17.6 Å². The summed E-state index contributed by atoms with van der Waals surface area (Å²) in [6, 6.07) is 16.2. The highest BCUT2D eigenvalue weighted by atomic mass is 16.5. The van der Waals surface area contributed by atoms with E-state index < -0.39 is 6.09 Å². The van der Waals surface area contributed by atoms with Gasteiger partial charge in [-0.3, -0.25) is 4.57 Å². The number of phenols is 1. The maximum Gasteiger partial charge on any atom is 0.418 e. The van der Waals surface area contributed by atoms with Crippen molar-refractivity contribution in [3.63, 3.8) is 0 Å². The first-order chi connectivity index (χ1) is 9.74. The minimum atomic E-state index is -0.463. The number of benzene rings is 2. The lowest BCUT2D eigenvalue weighted by Gasteiger charge is -2.06. The van der Waals surface area contributed by atoms with Gasteiger partial charge in [0.2, 0.25) is 0 Å². The fourth-order valence-electron chi connectivity index (χ4n) is 2.06. The Morgan fingerprint density at radius 1 is 1.10 bits per heavy atom. The van der Waals surface area contributed by atoms with Gasteiger partial charge in [-0.2, -0.15) is 0 Å². The minimum absolute atomic E-state index is 0.119. The highest BCUT2D eigenvalue weighted by Gasteiger charge is 2.10. The van der Waals surface area contributed by atoms with Crippen LogP contribution in [0.2, 0.25) is 0 Å². The van der Waals surface area contributed by atoms with E-state index in [1.165, 1.54) is 4.57 Å². The van der Waals surface area contributed by atoms with E-state index in [1.807, 2.05) is 30.3 Å². The molecule has 100 valence electrons. The number of aromatic nitrogens is 1. The summed E-state index contributed by atoms with van der Waals surface area (Å²) < 4.78 is 6.65. The van der Waals surface area contributed by atoms with Crippen molar-refractivity contribution in [3.05, 3.63) is 66.4 Å². The molecule has 3 rings (SSSR count). The Balaban J connectivity index is 1.80. The van der Waals surface area contributed by atoms with Crippen LogP contribution in [0, 0.1) is 0 Å². The van der Waals surface area contributed by atoms with Crippen LogP contribution in [0.5, 0.6) is 5.75 Å². The fourth-order valence-corrected chi connectivity index (χ4v) is 2.06. The zero-order valence-electron chi connectivity index (χ0n) is 10.7. The van der Waals surface area contributed by atoms with Crippen LogP contribution in [0.3, 0.4) is 0 Å². The molecular formula is C16H13NO3. The van der Waals surface area contributed by atoms with Gasteiger partial charge in [0.1, 0.15) is 12.4 Å². The van der Waals surface area contributed by atoms with E-state index in [0.717, 1.165) is 10.9 Å². The highest BCUT2D eigenvalue weighted by Crippen LogP contribution is 2.21. The van der Waals surface area contributed by atoms with Crippen LogP contribution in [0.25, 0.3) is 10.9 Å². The average molecular weight is 267 g/mol. The molecule has 0 spiro atoms. The first-order valence-electron chi connectivity index (χ1n) is 6.25. The number of hydrogen-bond acceptors (Lipinski definition) is 3. The first kappa shape index (κ1) is 12.3. The molecule has 0 aliphatic carbocycles. The molecule has 1 N–H and O–H groups in total. The summed E-state index contributed by atoms with van der Waals surface area (Å²) in [6.45, 7) is 0.220. The van der Waals surface area contributed by atoms with E-state index in [2.05, 4.69) is 0 Å². The van der Waals surface area contributed by atoms with Gasteiger partial charge in [0.15, 0.2) is 0 Å². The molecule has 4 heteroatoms. The highest BCUT2D eigenvalue weighted by molar-refractivity contribution is 5.90. The molecule has 0 saturated carbocycles. The van der Waals surface area contributed by atoms with Crippen LogP contribution in [-0.4, -0.2) is 15.8 Å². The summed E-state index contributed by atoms with van der Waals surface area (Å²) in [5.74, 6) is 0.119. The summed E-state index contributed by atoms with van der Waals surface area (Å²) in [4.78, 5) is 12.1. The van der Waals surface area contributed by atoms with Crippen LogP contribution < -0.4 is 0 Å². The van der Waals surface area contributed by atoms with Gasteiger partial charge in [0.05, 0.1) is 5.52 Å². The lowest BCUT2D eigenvalue weighted by Crippen LogP contribution is -2.12. The maximum atomic E-state index is 12.1. The molecule has 3 aromatic rings. The molecule has 4 nitrogen and oxygen atoms in total. The van der Waals surface area contributed by atoms with Crippen molar-refractivity contribution in [2.75, 3.05) is 0 Å². The maximum absolute atomic E-state index is 12.1. The van der Waals surface area contributed by atoms with Gasteiger partial charge in [-0.25, -0.2) is 4.79 Å². The van der Waals surface area contributed by atoms with Gasteiger partial charge in [-0.15, -0.1) is 0 Å². The third-order valence-corrected chi connectivity index (χ3v) is 3.08. The molecule has 1 heterocycles. The van der Waals surface area contributed by atoms with Crippen molar-refractivity contribution in [2.24, 2.45) is 0 Å². The largest absolute Gasteiger partial charge is 0.508 e. The summed E-state index contributed by atoms with van der Waals surface area (Å²) in [5.41, 5.74) is 1.56. The van der Waals surface area contributed by atoms with Crippen molar-refractivity contribution in [1.82, 2.24) is 4.57 Å². The number of carbonyl (C=O) groups excluding carboxylic acids is 1. The third-order valence-electron chi connectivity index (χ3n) is 3.08. The van der Waals surface area contributed by atoms with Crippen molar-refractivity contribution in [1.29, 1.82) is 0 Å². The van der Waals surface area contributed by atoms with Crippen molar-refractivity contribution >= 4 is 17.0 Å². The molecule has 0 atom stereocenters. The minimum Gasteiger partial charge on any atom is -0.508 e. The summed E-state index contributed by atoms with van der Waals surface area (Å²) >= 11 is 0. The standard InChI is InChI=1S/C16H13NO3/c18-14-7-6-13-8-9-17(15(13)10-14)16(19)20-11-12-4-2-1-3-5-12/h1-10,18H,11H2. The summed E-state index contributed by atoms with van der Waals surface area (Å²) in [7, 11) is 0. The number of phenolic OH excluding ortho intramolecular Hbond substituents is 1. The predicted octanol–water partition coefficient (Wildman–Crippen LogP) is 3.53. The Labute approximate surface area is 115 Å². The fraction of sp³-hybridized carbons (Fsp3) is 0.0625. The van der Waals surface area contributed by atoms with Gasteiger partial charge in [-0.1, -0.05) is 30.3 Å². The molecule has 20 heavy (non-hydrogen) atoms. The van der Waals surface area contributed by atoms with Gasteiger partial charge in [-0.05, 0) is 23.8 Å². The Hall–Kier alpha value is -2.75. The SMILES string of the molecule is O=C(OCc1ccccc1)n1ccc2ccc(O)cc21. The van der Waals surface area contributed by atoms with E-state index in [1.54, 1.807) is 30.5 Å². The third kappa shape index (κ3) is 2.36. The predicted molar refractivity (Wildman–Crippen MR) is 75.6 cm³/mol. The Morgan fingerprint density at radius 2 is 1.90 bits per heavy atom. The smallest absolute Gasteiger partial charge is 0.418 e. The lowest BCUT2D eigenvalue weighted by molar-refractivity contribution is 0.142. The molecular weight excluding hydrogens is 254 g/mol. The number of rotatable bonds is 2. The molecule has 0 saturated heterocycles. The van der Waals surface area contributed by atoms with E-state index in [4.69, 9.17) is 4.74 Å². The summed E-state index contributed by atoms with van der Waals surface area (Å²) in [6.07, 6.45) is 1.17. The number of nitrogens with zero attached hydrogens (tertiary/aromatic N) is 1. The topological polar surface area (TPSA) is 51.5 Å². The molecule has 0 amide bonds. The van der Waals surface area contributed by atoms with Crippen molar-refractivity contribution in [3.8, 4) is 5.75 Å². The van der Waals surface area contributed by atoms with E-state index in [0.29, 0.717) is 5.52 Å². The number of ether oxygens (including phenoxy) is 1. The second kappa shape index (κ2) is 5.09. The summed E-state index contributed by atoms with van der Waals surface area (Å²) in [5, 5.41) is 10.4. The van der Waals surface area contributed by atoms with Crippen LogP contribution in [-0.2, 0) is 11.3 Å². The van der Waals surface area contributed by atoms with Gasteiger partial charge >= 0.3 is 6.09 Å².